The average molecular weight is 587 g/mol. The van der Waals surface area contributed by atoms with Crippen molar-refractivity contribution in [1.82, 2.24) is 9.88 Å². The molecule has 1 aliphatic rings. The van der Waals surface area contributed by atoms with Crippen molar-refractivity contribution < 1.29 is 52.7 Å². The fourth-order valence-electron chi connectivity index (χ4n) is 4.63. The molecule has 0 atom stereocenters. The first-order valence-corrected chi connectivity index (χ1v) is 13.2. The first-order chi connectivity index (χ1) is 20.1. The average Bonchev–Trinajstić information content (AvgIpc) is 3.59. The lowest BCUT2D eigenvalue weighted by molar-refractivity contribution is -0.141. The number of Topliss-reactive ketones (excluding diaryl/α,β-unsaturated/α-hetero) is 1. The van der Waals surface area contributed by atoms with Gasteiger partial charge in [0.25, 0.3) is 0 Å². The van der Waals surface area contributed by atoms with Crippen LogP contribution in [0.2, 0.25) is 0 Å². The lowest BCUT2D eigenvalue weighted by Crippen LogP contribution is -2.25. The maximum Gasteiger partial charge on any atom is 0.303 e. The number of aliphatic carboxylic acids is 2. The summed E-state index contributed by atoms with van der Waals surface area (Å²) in [7, 11) is 2.86. The van der Waals surface area contributed by atoms with Crippen LogP contribution >= 0.6 is 0 Å². The number of hydrogen-bond donors (Lipinski definition) is 3. The Morgan fingerprint density at radius 1 is 0.857 bits per heavy atom. The smallest absolute Gasteiger partial charge is 0.303 e. The summed E-state index contributed by atoms with van der Waals surface area (Å²) in [5.74, 6) is -2.52. The number of carbonyl (C=O) groups is 4. The van der Waals surface area contributed by atoms with E-state index in [1.165, 1.54) is 19.1 Å². The number of carbonyl (C=O) groups excluding carboxylic acids is 2. The minimum Gasteiger partial charge on any atom is -0.493 e. The number of ketones is 1. The number of carboxylic acid groups (broad SMARTS) is 2. The number of H-pyrrole nitrogens is 1. The quantitative estimate of drug-likeness (QED) is 0.176. The predicted octanol–water partition coefficient (Wildman–Crippen LogP) is 3.93. The van der Waals surface area contributed by atoms with E-state index in [4.69, 9.17) is 29.2 Å². The third-order valence-electron chi connectivity index (χ3n) is 6.78. The third kappa shape index (κ3) is 6.90. The van der Waals surface area contributed by atoms with Gasteiger partial charge in [-0.05, 0) is 23.8 Å². The van der Waals surface area contributed by atoms with Crippen LogP contribution in [0.4, 0.5) is 4.39 Å². The molecule has 2 heterocycles. The molecule has 3 N–H and O–H groups in total. The monoisotopic (exact) mass is 586 g/mol. The topological polar surface area (TPSA) is 165 Å². The molecule has 1 amide bonds. The second-order valence-corrected chi connectivity index (χ2v) is 9.64. The lowest BCUT2D eigenvalue weighted by atomic mass is 10.1. The van der Waals surface area contributed by atoms with E-state index in [1.807, 2.05) is 0 Å². The van der Waals surface area contributed by atoms with Crippen molar-refractivity contribution in [1.29, 1.82) is 0 Å². The second kappa shape index (κ2) is 13.2. The van der Waals surface area contributed by atoms with E-state index < -0.39 is 17.8 Å². The van der Waals surface area contributed by atoms with Gasteiger partial charge in [0.2, 0.25) is 5.91 Å². The summed E-state index contributed by atoms with van der Waals surface area (Å²) in [6.45, 7) is 0.444. The van der Waals surface area contributed by atoms with Crippen molar-refractivity contribution in [2.75, 3.05) is 27.4 Å². The Hall–Kier alpha value is -4.81. The molecule has 0 unspecified atom stereocenters. The van der Waals surface area contributed by atoms with Crippen molar-refractivity contribution in [2.24, 2.45) is 0 Å². The molecular formula is C29H31FN2O10. The number of hydrogen-bond acceptors (Lipinski definition) is 8. The molecule has 0 radical (unpaired) electrons. The SMILES string of the molecule is COc1cc2[nH]c(C(=O)CCC(=O)O)cc2cc1OCCCOc1c(OC)cc2c(c1F)CN(C(=O)CCC(=O)O)C2. The number of methoxy groups -OCH3 is 2. The third-order valence-corrected chi connectivity index (χ3v) is 6.78. The molecule has 4 rings (SSSR count). The van der Waals surface area contributed by atoms with Crippen LogP contribution in [-0.2, 0) is 27.5 Å². The van der Waals surface area contributed by atoms with Gasteiger partial charge in [-0.2, -0.15) is 0 Å². The van der Waals surface area contributed by atoms with Crippen LogP contribution in [0.15, 0.2) is 24.3 Å². The maximum atomic E-state index is 15.4. The highest BCUT2D eigenvalue weighted by molar-refractivity contribution is 6.00. The summed E-state index contributed by atoms with van der Waals surface area (Å²) < 4.78 is 37.7. The zero-order valence-corrected chi connectivity index (χ0v) is 23.2. The minimum atomic E-state index is -1.08. The molecule has 0 saturated carbocycles. The zero-order chi connectivity index (χ0) is 30.4. The molecule has 0 fully saturated rings. The van der Waals surface area contributed by atoms with Gasteiger partial charge in [-0.25, -0.2) is 4.39 Å². The van der Waals surface area contributed by atoms with Crippen molar-refractivity contribution in [3.05, 3.63) is 46.9 Å². The lowest BCUT2D eigenvalue weighted by Gasteiger charge is -2.15. The van der Waals surface area contributed by atoms with Gasteiger partial charge in [0.15, 0.2) is 34.6 Å². The van der Waals surface area contributed by atoms with Gasteiger partial charge in [-0.1, -0.05) is 0 Å². The van der Waals surface area contributed by atoms with Crippen LogP contribution in [0.25, 0.3) is 10.9 Å². The van der Waals surface area contributed by atoms with Crippen molar-refractivity contribution in [3.63, 3.8) is 0 Å². The number of ether oxygens (including phenoxy) is 4. The normalized spacial score (nSPS) is 12.2. The van der Waals surface area contributed by atoms with Gasteiger partial charge in [0, 0.05) is 54.9 Å². The Bertz CT molecular complexity index is 1520. The van der Waals surface area contributed by atoms with Gasteiger partial charge in [0.1, 0.15) is 0 Å². The number of nitrogens with one attached hydrogen (secondary N) is 1. The fraction of sp³-hybridized carbons (Fsp3) is 0.379. The summed E-state index contributed by atoms with van der Waals surface area (Å²) in [5.41, 5.74) is 1.79. The molecule has 0 spiro atoms. The summed E-state index contributed by atoms with van der Waals surface area (Å²) >= 11 is 0. The molecule has 3 aromatic rings. The molecule has 1 aromatic heterocycles. The van der Waals surface area contributed by atoms with Crippen molar-refractivity contribution in [3.8, 4) is 23.0 Å². The number of aromatic amines is 1. The van der Waals surface area contributed by atoms with Crippen LogP contribution in [0.5, 0.6) is 23.0 Å². The van der Waals surface area contributed by atoms with Crippen LogP contribution in [0, 0.1) is 5.82 Å². The summed E-state index contributed by atoms with van der Waals surface area (Å²) in [4.78, 5) is 50.6. The summed E-state index contributed by atoms with van der Waals surface area (Å²) in [6, 6.07) is 6.62. The van der Waals surface area contributed by atoms with E-state index in [0.717, 1.165) is 0 Å². The van der Waals surface area contributed by atoms with Crippen LogP contribution in [-0.4, -0.2) is 71.2 Å². The Balaban J connectivity index is 1.36. The number of rotatable bonds is 15. The van der Waals surface area contributed by atoms with Crippen LogP contribution in [0.1, 0.15) is 53.7 Å². The number of benzene rings is 2. The summed E-state index contributed by atoms with van der Waals surface area (Å²) in [6.07, 6.45) is -0.483. The highest BCUT2D eigenvalue weighted by atomic mass is 19.1. The molecule has 42 heavy (non-hydrogen) atoms. The largest absolute Gasteiger partial charge is 0.493 e. The molecule has 1 aliphatic heterocycles. The molecule has 0 bridgehead atoms. The van der Waals surface area contributed by atoms with Crippen LogP contribution < -0.4 is 18.9 Å². The maximum absolute atomic E-state index is 15.4. The van der Waals surface area contributed by atoms with E-state index in [0.29, 0.717) is 39.9 Å². The standard InChI is InChI=1S/C29H31FN2O10/c1-39-22-13-19-16(10-20(31-19)21(33)4-6-26(35)36)11-23(22)41-8-3-9-42-29-24(40-2)12-17-14-32(15-18(17)28(29)30)25(34)5-7-27(37)38/h10-13,31H,3-9,14-15H2,1-2H3,(H,35,36)(H,37,38). The molecular weight excluding hydrogens is 555 g/mol. The molecule has 0 aliphatic carbocycles. The van der Waals surface area contributed by atoms with Crippen molar-refractivity contribution in [2.45, 2.75) is 45.2 Å². The Morgan fingerprint density at radius 2 is 1.55 bits per heavy atom. The molecule has 0 saturated heterocycles. The zero-order valence-electron chi connectivity index (χ0n) is 23.2. The van der Waals surface area contributed by atoms with E-state index in [1.54, 1.807) is 24.3 Å². The number of amides is 1. The van der Waals surface area contributed by atoms with Crippen molar-refractivity contribution >= 4 is 34.5 Å². The highest BCUT2D eigenvalue weighted by Gasteiger charge is 2.30. The number of fused-ring (bicyclic) bond motifs is 2. The second-order valence-electron chi connectivity index (χ2n) is 9.64. The first kappa shape index (κ1) is 30.2. The molecule has 13 heteroatoms. The highest BCUT2D eigenvalue weighted by Crippen LogP contribution is 2.39. The van der Waals surface area contributed by atoms with Gasteiger partial charge in [-0.3, -0.25) is 19.2 Å². The fourth-order valence-corrected chi connectivity index (χ4v) is 4.63. The molecule has 224 valence electrons. The Morgan fingerprint density at radius 3 is 2.24 bits per heavy atom. The number of nitrogens with zero attached hydrogens (tertiary/aromatic N) is 1. The number of aromatic nitrogens is 1. The van der Waals surface area contributed by atoms with E-state index in [9.17, 15) is 19.2 Å². The Labute approximate surface area is 239 Å². The van der Waals surface area contributed by atoms with E-state index >= 15 is 4.39 Å². The predicted molar refractivity (Wildman–Crippen MR) is 146 cm³/mol. The van der Waals surface area contributed by atoms with Gasteiger partial charge in [-0.15, -0.1) is 0 Å². The number of halogens is 1. The Kier molecular flexibility index (Phi) is 9.50. The number of carboxylic acids is 2. The van der Waals surface area contributed by atoms with E-state index in [2.05, 4.69) is 4.98 Å². The molecule has 2 aromatic carbocycles. The minimum absolute atomic E-state index is 0.0113. The first-order valence-electron chi connectivity index (χ1n) is 13.2. The van der Waals surface area contributed by atoms with Crippen LogP contribution in [0.3, 0.4) is 0 Å². The van der Waals surface area contributed by atoms with Gasteiger partial charge >= 0.3 is 11.9 Å². The molecule has 12 nitrogen and oxygen atoms in total. The summed E-state index contributed by atoms with van der Waals surface area (Å²) in [5, 5.41) is 18.3. The van der Waals surface area contributed by atoms with E-state index in [-0.39, 0.29) is 80.9 Å². The van der Waals surface area contributed by atoms with Gasteiger partial charge in [0.05, 0.1) is 46.0 Å². The van der Waals surface area contributed by atoms with Gasteiger partial charge < -0.3 is 39.0 Å².